The Kier molecular flexibility index (Phi) is 8.38. The summed E-state index contributed by atoms with van der Waals surface area (Å²) in [5.41, 5.74) is 9.76. The number of rotatable bonds is 8. The molecule has 0 bridgehead atoms. The van der Waals surface area contributed by atoms with E-state index >= 15 is 0 Å². The molecule has 3 aromatic carbocycles. The zero-order chi connectivity index (χ0) is 25.3. The zero-order valence-electron chi connectivity index (χ0n) is 19.2. The third-order valence-corrected chi connectivity index (χ3v) is 5.84. The van der Waals surface area contributed by atoms with Crippen LogP contribution in [0.25, 0.3) is 11.3 Å². The minimum absolute atomic E-state index is 0.00603. The quantitative estimate of drug-likeness (QED) is 0.245. The van der Waals surface area contributed by atoms with Crippen LogP contribution in [-0.4, -0.2) is 22.2 Å². The molecule has 4 rings (SSSR count). The topological polar surface area (TPSA) is 119 Å². The number of amides is 2. The van der Waals surface area contributed by atoms with Gasteiger partial charge in [-0.05, 0) is 35.9 Å². The van der Waals surface area contributed by atoms with Gasteiger partial charge in [0.2, 0.25) is 0 Å². The SMILES string of the molecule is NC(CC(=O)OCc1ccccc1NC(=O)Nc1ccc(-c2ccccc2)nn1)c1ccc(Br)cc1. The molecule has 8 nitrogen and oxygen atoms in total. The maximum Gasteiger partial charge on any atom is 0.324 e. The maximum absolute atomic E-state index is 12.5. The Labute approximate surface area is 217 Å². The molecule has 0 fully saturated rings. The number of hydrogen-bond acceptors (Lipinski definition) is 6. The standard InChI is InChI=1S/C27H24BrN5O3/c28-21-12-10-18(11-13-21)22(29)16-26(34)36-17-20-8-4-5-9-23(20)30-27(35)31-25-15-14-24(32-33-25)19-6-2-1-3-7-19/h1-15,22H,16-17,29H2,(H2,30,31,33,35). The van der Waals surface area contributed by atoms with Crippen molar-refractivity contribution >= 4 is 39.4 Å². The van der Waals surface area contributed by atoms with Crippen molar-refractivity contribution in [1.29, 1.82) is 0 Å². The molecule has 1 heterocycles. The number of nitrogens with two attached hydrogens (primary N) is 1. The summed E-state index contributed by atoms with van der Waals surface area (Å²) in [6, 6.07) is 26.7. The molecule has 0 spiro atoms. The van der Waals surface area contributed by atoms with Crippen LogP contribution in [0, 0.1) is 0 Å². The Morgan fingerprint density at radius 2 is 1.58 bits per heavy atom. The summed E-state index contributed by atoms with van der Waals surface area (Å²) in [5, 5.41) is 13.7. The Morgan fingerprint density at radius 1 is 0.861 bits per heavy atom. The number of esters is 1. The second-order valence-electron chi connectivity index (χ2n) is 7.93. The minimum atomic E-state index is -0.493. The number of halogens is 1. The number of hydrogen-bond donors (Lipinski definition) is 3. The average molecular weight is 546 g/mol. The molecule has 1 unspecified atom stereocenters. The number of carbonyl (C=O) groups is 2. The van der Waals surface area contributed by atoms with E-state index < -0.39 is 18.0 Å². The predicted molar refractivity (Wildman–Crippen MR) is 142 cm³/mol. The van der Waals surface area contributed by atoms with E-state index in [-0.39, 0.29) is 13.0 Å². The molecule has 182 valence electrons. The number of benzene rings is 3. The largest absolute Gasteiger partial charge is 0.461 e. The monoisotopic (exact) mass is 545 g/mol. The number of para-hydroxylation sites is 1. The molecule has 1 atom stereocenters. The lowest BCUT2D eigenvalue weighted by Crippen LogP contribution is -2.21. The van der Waals surface area contributed by atoms with Gasteiger partial charge >= 0.3 is 12.0 Å². The Balaban J connectivity index is 1.31. The lowest BCUT2D eigenvalue weighted by atomic mass is 10.1. The van der Waals surface area contributed by atoms with E-state index in [1.165, 1.54) is 0 Å². The summed E-state index contributed by atoms with van der Waals surface area (Å²) in [7, 11) is 0. The summed E-state index contributed by atoms with van der Waals surface area (Å²) < 4.78 is 6.35. The van der Waals surface area contributed by atoms with Crippen LogP contribution < -0.4 is 16.4 Å². The first-order valence-corrected chi connectivity index (χ1v) is 12.0. The number of aromatic nitrogens is 2. The van der Waals surface area contributed by atoms with Gasteiger partial charge in [0, 0.05) is 27.3 Å². The van der Waals surface area contributed by atoms with Crippen LogP contribution in [0.4, 0.5) is 16.3 Å². The molecule has 36 heavy (non-hydrogen) atoms. The van der Waals surface area contributed by atoms with E-state index in [4.69, 9.17) is 10.5 Å². The Hall–Kier alpha value is -4.08. The van der Waals surface area contributed by atoms with Crippen molar-refractivity contribution in [3.05, 3.63) is 107 Å². The first kappa shape index (κ1) is 25.0. The molecular formula is C27H24BrN5O3. The van der Waals surface area contributed by atoms with E-state index in [2.05, 4.69) is 36.8 Å². The first-order chi connectivity index (χ1) is 17.5. The van der Waals surface area contributed by atoms with Crippen LogP contribution in [0.15, 0.2) is 95.5 Å². The number of carbonyl (C=O) groups excluding carboxylic acids is 2. The van der Waals surface area contributed by atoms with Gasteiger partial charge < -0.3 is 15.8 Å². The van der Waals surface area contributed by atoms with Gasteiger partial charge in [-0.3, -0.25) is 10.1 Å². The first-order valence-electron chi connectivity index (χ1n) is 11.2. The van der Waals surface area contributed by atoms with E-state index in [9.17, 15) is 9.59 Å². The highest BCUT2D eigenvalue weighted by Gasteiger charge is 2.14. The molecular weight excluding hydrogens is 522 g/mol. The Morgan fingerprint density at radius 3 is 2.31 bits per heavy atom. The average Bonchev–Trinajstić information content (AvgIpc) is 2.89. The summed E-state index contributed by atoms with van der Waals surface area (Å²) in [5.74, 6) is -0.128. The third kappa shape index (κ3) is 6.97. The molecule has 0 radical (unpaired) electrons. The van der Waals surface area contributed by atoms with Crippen molar-refractivity contribution < 1.29 is 14.3 Å². The van der Waals surface area contributed by atoms with Crippen molar-refractivity contribution in [2.45, 2.75) is 19.1 Å². The molecule has 2 amide bonds. The molecule has 0 aliphatic heterocycles. The van der Waals surface area contributed by atoms with Crippen molar-refractivity contribution in [3.63, 3.8) is 0 Å². The summed E-state index contributed by atoms with van der Waals surface area (Å²) >= 11 is 3.38. The van der Waals surface area contributed by atoms with Crippen LogP contribution in [0.2, 0.25) is 0 Å². The van der Waals surface area contributed by atoms with E-state index in [0.29, 0.717) is 22.8 Å². The molecule has 0 aliphatic rings. The summed E-state index contributed by atoms with van der Waals surface area (Å²) in [4.78, 5) is 24.9. The molecule has 4 aromatic rings. The van der Waals surface area contributed by atoms with Crippen molar-refractivity contribution in [2.75, 3.05) is 10.6 Å². The van der Waals surface area contributed by atoms with Gasteiger partial charge in [-0.1, -0.05) is 76.6 Å². The van der Waals surface area contributed by atoms with Gasteiger partial charge in [-0.2, -0.15) is 0 Å². The van der Waals surface area contributed by atoms with Crippen LogP contribution in [0.3, 0.4) is 0 Å². The van der Waals surface area contributed by atoms with Gasteiger partial charge in [-0.15, -0.1) is 10.2 Å². The Bertz CT molecular complexity index is 1320. The minimum Gasteiger partial charge on any atom is -0.461 e. The highest BCUT2D eigenvalue weighted by atomic mass is 79.9. The van der Waals surface area contributed by atoms with Crippen molar-refractivity contribution in [1.82, 2.24) is 10.2 Å². The van der Waals surface area contributed by atoms with Gasteiger partial charge in [0.1, 0.15) is 6.61 Å². The predicted octanol–water partition coefficient (Wildman–Crippen LogP) is 5.68. The maximum atomic E-state index is 12.5. The van der Waals surface area contributed by atoms with E-state index in [0.717, 1.165) is 15.6 Å². The van der Waals surface area contributed by atoms with Gasteiger partial charge in [0.05, 0.1) is 12.1 Å². The lowest BCUT2D eigenvalue weighted by Gasteiger charge is -2.14. The number of ether oxygens (including phenoxy) is 1. The number of anilines is 2. The second kappa shape index (κ2) is 12.1. The van der Waals surface area contributed by atoms with Gasteiger partial charge in [-0.25, -0.2) is 4.79 Å². The fraction of sp³-hybridized carbons (Fsp3) is 0.111. The molecule has 4 N–H and O–H groups in total. The molecule has 1 aromatic heterocycles. The fourth-order valence-corrected chi connectivity index (χ4v) is 3.69. The van der Waals surface area contributed by atoms with Crippen LogP contribution >= 0.6 is 15.9 Å². The lowest BCUT2D eigenvalue weighted by molar-refractivity contribution is -0.145. The number of nitrogens with zero attached hydrogens (tertiary/aromatic N) is 2. The van der Waals surface area contributed by atoms with Gasteiger partial charge in [0.15, 0.2) is 5.82 Å². The van der Waals surface area contributed by atoms with Crippen LogP contribution in [-0.2, 0) is 16.1 Å². The van der Waals surface area contributed by atoms with E-state index in [1.54, 1.807) is 36.4 Å². The molecule has 0 saturated heterocycles. The number of urea groups is 1. The summed E-state index contributed by atoms with van der Waals surface area (Å²) in [6.45, 7) is -0.00603. The van der Waals surface area contributed by atoms with Gasteiger partial charge in [0.25, 0.3) is 0 Å². The van der Waals surface area contributed by atoms with Crippen LogP contribution in [0.5, 0.6) is 0 Å². The molecule has 0 aliphatic carbocycles. The highest BCUT2D eigenvalue weighted by molar-refractivity contribution is 9.10. The second-order valence-corrected chi connectivity index (χ2v) is 8.84. The highest BCUT2D eigenvalue weighted by Crippen LogP contribution is 2.21. The van der Waals surface area contributed by atoms with E-state index in [1.807, 2.05) is 54.6 Å². The zero-order valence-corrected chi connectivity index (χ0v) is 20.8. The third-order valence-electron chi connectivity index (χ3n) is 5.31. The molecule has 9 heteroatoms. The van der Waals surface area contributed by atoms with Crippen molar-refractivity contribution in [3.8, 4) is 11.3 Å². The summed E-state index contributed by atoms with van der Waals surface area (Å²) in [6.07, 6.45) is 0.0371. The fourth-order valence-electron chi connectivity index (χ4n) is 3.42. The normalized spacial score (nSPS) is 11.4. The smallest absolute Gasteiger partial charge is 0.324 e. The molecule has 0 saturated carbocycles. The number of nitrogens with one attached hydrogen (secondary N) is 2. The van der Waals surface area contributed by atoms with Crippen molar-refractivity contribution in [2.24, 2.45) is 5.73 Å². The van der Waals surface area contributed by atoms with Crippen LogP contribution in [0.1, 0.15) is 23.6 Å².